The third-order valence-corrected chi connectivity index (χ3v) is 3.12. The number of pyridine rings is 1. The van der Waals surface area contributed by atoms with Crippen molar-refractivity contribution in [3.05, 3.63) is 64.7 Å². The van der Waals surface area contributed by atoms with Gasteiger partial charge in [0.05, 0.1) is 17.9 Å². The maximum Gasteiger partial charge on any atom is 0.141 e. The SMILES string of the molecule is CCNC(Cc1cccc(Cl)c1)c1ccc(F)cn1. The Morgan fingerprint density at radius 2 is 2.16 bits per heavy atom. The highest BCUT2D eigenvalue weighted by Gasteiger charge is 2.12. The summed E-state index contributed by atoms with van der Waals surface area (Å²) in [7, 11) is 0. The van der Waals surface area contributed by atoms with E-state index >= 15 is 0 Å². The number of hydrogen-bond donors (Lipinski definition) is 1. The topological polar surface area (TPSA) is 24.9 Å². The van der Waals surface area contributed by atoms with Crippen molar-refractivity contribution in [1.82, 2.24) is 10.3 Å². The standard InChI is InChI=1S/C15H16ClFN2/c1-2-18-15(14-7-6-13(17)10-19-14)9-11-4-3-5-12(16)8-11/h3-8,10,15,18H,2,9H2,1H3. The molecule has 0 radical (unpaired) electrons. The van der Waals surface area contributed by atoms with Crippen LogP contribution in [-0.4, -0.2) is 11.5 Å². The van der Waals surface area contributed by atoms with Gasteiger partial charge in [-0.1, -0.05) is 30.7 Å². The maximum atomic E-state index is 12.9. The Labute approximate surface area is 117 Å². The molecule has 19 heavy (non-hydrogen) atoms. The maximum absolute atomic E-state index is 12.9. The van der Waals surface area contributed by atoms with Crippen molar-refractivity contribution in [1.29, 1.82) is 0 Å². The quantitative estimate of drug-likeness (QED) is 0.901. The fourth-order valence-corrected chi connectivity index (χ4v) is 2.23. The third-order valence-electron chi connectivity index (χ3n) is 2.89. The Balaban J connectivity index is 2.18. The number of nitrogens with zero attached hydrogens (tertiary/aromatic N) is 1. The zero-order valence-corrected chi connectivity index (χ0v) is 11.5. The lowest BCUT2D eigenvalue weighted by molar-refractivity contribution is 0.532. The van der Waals surface area contributed by atoms with Crippen LogP contribution < -0.4 is 5.32 Å². The van der Waals surface area contributed by atoms with Crippen LogP contribution >= 0.6 is 11.6 Å². The summed E-state index contributed by atoms with van der Waals surface area (Å²) in [4.78, 5) is 4.15. The molecule has 100 valence electrons. The second-order valence-electron chi connectivity index (χ2n) is 4.35. The first-order valence-corrected chi connectivity index (χ1v) is 6.66. The molecule has 0 saturated carbocycles. The molecule has 1 heterocycles. The molecule has 0 bridgehead atoms. The molecular formula is C15H16ClFN2. The van der Waals surface area contributed by atoms with Gasteiger partial charge in [-0.25, -0.2) is 4.39 Å². The van der Waals surface area contributed by atoms with Gasteiger partial charge in [0.1, 0.15) is 5.82 Å². The smallest absolute Gasteiger partial charge is 0.141 e. The first-order valence-electron chi connectivity index (χ1n) is 6.28. The molecule has 0 aliphatic heterocycles. The minimum Gasteiger partial charge on any atom is -0.309 e. The second-order valence-corrected chi connectivity index (χ2v) is 4.78. The lowest BCUT2D eigenvalue weighted by Crippen LogP contribution is -2.23. The molecule has 0 spiro atoms. The summed E-state index contributed by atoms with van der Waals surface area (Å²) in [5.41, 5.74) is 1.97. The van der Waals surface area contributed by atoms with Gasteiger partial charge in [0.15, 0.2) is 0 Å². The van der Waals surface area contributed by atoms with Crippen molar-refractivity contribution < 1.29 is 4.39 Å². The van der Waals surface area contributed by atoms with Gasteiger partial charge < -0.3 is 5.32 Å². The molecule has 0 fully saturated rings. The predicted molar refractivity (Wildman–Crippen MR) is 75.8 cm³/mol. The highest BCUT2D eigenvalue weighted by molar-refractivity contribution is 6.30. The van der Waals surface area contributed by atoms with E-state index < -0.39 is 0 Å². The average Bonchev–Trinajstić information content (AvgIpc) is 2.39. The summed E-state index contributed by atoms with van der Waals surface area (Å²) in [5.74, 6) is -0.318. The van der Waals surface area contributed by atoms with Gasteiger partial charge in [-0.15, -0.1) is 0 Å². The van der Waals surface area contributed by atoms with Gasteiger partial charge in [-0.05, 0) is 42.8 Å². The Kier molecular flexibility index (Phi) is 4.88. The largest absolute Gasteiger partial charge is 0.309 e. The zero-order valence-electron chi connectivity index (χ0n) is 10.7. The predicted octanol–water partition coefficient (Wildman–Crippen LogP) is 3.77. The van der Waals surface area contributed by atoms with Crippen molar-refractivity contribution in [2.75, 3.05) is 6.54 Å². The van der Waals surface area contributed by atoms with Crippen molar-refractivity contribution in [2.45, 2.75) is 19.4 Å². The Morgan fingerprint density at radius 1 is 1.32 bits per heavy atom. The van der Waals surface area contributed by atoms with Crippen molar-refractivity contribution in [3.63, 3.8) is 0 Å². The molecular weight excluding hydrogens is 263 g/mol. The highest BCUT2D eigenvalue weighted by atomic mass is 35.5. The summed E-state index contributed by atoms with van der Waals surface area (Å²) >= 11 is 5.99. The van der Waals surface area contributed by atoms with E-state index in [4.69, 9.17) is 11.6 Å². The van der Waals surface area contributed by atoms with E-state index in [0.29, 0.717) is 0 Å². The van der Waals surface area contributed by atoms with Crippen LogP contribution in [0.5, 0.6) is 0 Å². The molecule has 0 saturated heterocycles. The molecule has 1 aromatic carbocycles. The minimum atomic E-state index is -0.318. The molecule has 1 N–H and O–H groups in total. The molecule has 1 aromatic heterocycles. The van der Waals surface area contributed by atoms with E-state index in [-0.39, 0.29) is 11.9 Å². The summed E-state index contributed by atoms with van der Waals surface area (Å²) in [5, 5.41) is 4.08. The van der Waals surface area contributed by atoms with Gasteiger partial charge in [-0.3, -0.25) is 4.98 Å². The fraction of sp³-hybridized carbons (Fsp3) is 0.267. The lowest BCUT2D eigenvalue weighted by atomic mass is 10.0. The molecule has 0 amide bonds. The molecule has 1 atom stereocenters. The van der Waals surface area contributed by atoms with Gasteiger partial charge in [0, 0.05) is 5.02 Å². The molecule has 0 aliphatic carbocycles. The summed E-state index contributed by atoms with van der Waals surface area (Å²) in [6, 6.07) is 11.0. The number of aromatic nitrogens is 1. The number of likely N-dealkylation sites (N-methyl/N-ethyl adjacent to an activating group) is 1. The Bertz CT molecular complexity index is 528. The molecule has 1 unspecified atom stereocenters. The van der Waals surface area contributed by atoms with Crippen LogP contribution in [-0.2, 0) is 6.42 Å². The number of halogens is 2. The molecule has 2 rings (SSSR count). The van der Waals surface area contributed by atoms with Crippen molar-refractivity contribution in [3.8, 4) is 0 Å². The first-order chi connectivity index (χ1) is 9.19. The number of rotatable bonds is 5. The molecule has 2 aromatic rings. The van der Waals surface area contributed by atoms with Gasteiger partial charge >= 0.3 is 0 Å². The third kappa shape index (κ3) is 4.01. The van der Waals surface area contributed by atoms with Gasteiger partial charge in [-0.2, -0.15) is 0 Å². The number of nitrogens with one attached hydrogen (secondary N) is 1. The molecule has 0 aliphatic rings. The van der Waals surface area contributed by atoms with Crippen LogP contribution in [0, 0.1) is 5.82 Å². The van der Waals surface area contributed by atoms with Crippen LogP contribution in [0.2, 0.25) is 5.02 Å². The van der Waals surface area contributed by atoms with Crippen LogP contribution in [0.15, 0.2) is 42.6 Å². The van der Waals surface area contributed by atoms with E-state index in [0.717, 1.165) is 29.2 Å². The van der Waals surface area contributed by atoms with Crippen molar-refractivity contribution in [2.24, 2.45) is 0 Å². The second kappa shape index (κ2) is 6.64. The van der Waals surface area contributed by atoms with Gasteiger partial charge in [0.25, 0.3) is 0 Å². The fourth-order valence-electron chi connectivity index (χ4n) is 2.02. The van der Waals surface area contributed by atoms with Crippen LogP contribution in [0.3, 0.4) is 0 Å². The van der Waals surface area contributed by atoms with Gasteiger partial charge in [0.2, 0.25) is 0 Å². The Hall–Kier alpha value is -1.45. The highest BCUT2D eigenvalue weighted by Crippen LogP contribution is 2.19. The monoisotopic (exact) mass is 278 g/mol. The van der Waals surface area contributed by atoms with Crippen LogP contribution in [0.1, 0.15) is 24.2 Å². The average molecular weight is 279 g/mol. The van der Waals surface area contributed by atoms with Crippen molar-refractivity contribution >= 4 is 11.6 Å². The molecule has 2 nitrogen and oxygen atoms in total. The summed E-state index contributed by atoms with van der Waals surface area (Å²) in [6.45, 7) is 2.86. The van der Waals surface area contributed by atoms with E-state index in [1.54, 1.807) is 6.07 Å². The first kappa shape index (κ1) is 14.0. The van der Waals surface area contributed by atoms with Crippen LogP contribution in [0.25, 0.3) is 0 Å². The summed E-state index contributed by atoms with van der Waals surface area (Å²) in [6.07, 6.45) is 2.02. The zero-order chi connectivity index (χ0) is 13.7. The van der Waals surface area contributed by atoms with E-state index in [1.165, 1.54) is 12.3 Å². The number of hydrogen-bond acceptors (Lipinski definition) is 2. The normalized spacial score (nSPS) is 12.4. The van der Waals surface area contributed by atoms with E-state index in [9.17, 15) is 4.39 Å². The minimum absolute atomic E-state index is 0.0593. The summed E-state index contributed by atoms with van der Waals surface area (Å²) < 4.78 is 12.9. The van der Waals surface area contributed by atoms with E-state index in [1.807, 2.05) is 31.2 Å². The lowest BCUT2D eigenvalue weighted by Gasteiger charge is -2.17. The van der Waals surface area contributed by atoms with E-state index in [2.05, 4.69) is 10.3 Å². The number of benzene rings is 1. The molecule has 4 heteroatoms. The Morgan fingerprint density at radius 3 is 2.79 bits per heavy atom. The van der Waals surface area contributed by atoms with Crippen LogP contribution in [0.4, 0.5) is 4.39 Å².